The topological polar surface area (TPSA) is 102 Å². The molecule has 0 aliphatic carbocycles. The zero-order valence-corrected chi connectivity index (χ0v) is 15.0. The Bertz CT molecular complexity index is 1230. The number of amides is 1. The number of ketones is 1. The molecule has 0 aliphatic rings. The molecule has 1 amide bonds. The number of nitro groups is 1. The second kappa shape index (κ2) is 7.40. The Morgan fingerprint density at radius 2 is 1.48 bits per heavy atom. The molecule has 0 aliphatic heterocycles. The van der Waals surface area contributed by atoms with Gasteiger partial charge >= 0.3 is 0 Å². The fourth-order valence-electron chi connectivity index (χ4n) is 2.97. The molecule has 3 aromatic carbocycles. The first kappa shape index (κ1) is 18.1. The summed E-state index contributed by atoms with van der Waals surface area (Å²) in [6.07, 6.45) is 0. The number of hydrogen-bond acceptors (Lipinski definition) is 5. The molecule has 29 heavy (non-hydrogen) atoms. The molecule has 0 saturated carbocycles. The number of nitrogens with zero attached hydrogens (tertiary/aromatic N) is 1. The van der Waals surface area contributed by atoms with Gasteiger partial charge in [-0.3, -0.25) is 19.7 Å². The molecule has 1 aromatic heterocycles. The van der Waals surface area contributed by atoms with E-state index in [1.807, 2.05) is 0 Å². The number of hydrogen-bond donors (Lipinski definition) is 1. The number of carbonyl (C=O) groups is 2. The van der Waals surface area contributed by atoms with Gasteiger partial charge in [0.2, 0.25) is 5.78 Å². The highest BCUT2D eigenvalue weighted by Crippen LogP contribution is 2.33. The molecule has 0 fully saturated rings. The number of anilines is 1. The van der Waals surface area contributed by atoms with Crippen molar-refractivity contribution in [2.24, 2.45) is 0 Å². The van der Waals surface area contributed by atoms with Crippen LogP contribution in [0.3, 0.4) is 0 Å². The number of carbonyl (C=O) groups excluding carboxylic acids is 2. The molecule has 0 saturated heterocycles. The summed E-state index contributed by atoms with van der Waals surface area (Å²) in [5.41, 5.74) is 1.26. The van der Waals surface area contributed by atoms with Gasteiger partial charge in [-0.25, -0.2) is 0 Å². The number of non-ortho nitro benzene ring substituents is 1. The molecule has 4 aromatic rings. The Hall–Kier alpha value is -4.26. The average Bonchev–Trinajstić information content (AvgIpc) is 3.12. The van der Waals surface area contributed by atoms with Crippen molar-refractivity contribution in [2.75, 3.05) is 5.32 Å². The van der Waals surface area contributed by atoms with E-state index in [1.165, 1.54) is 24.3 Å². The van der Waals surface area contributed by atoms with E-state index in [0.29, 0.717) is 16.5 Å². The molecule has 0 spiro atoms. The number of rotatable bonds is 5. The van der Waals surface area contributed by atoms with E-state index in [9.17, 15) is 19.7 Å². The Morgan fingerprint density at radius 1 is 0.828 bits per heavy atom. The minimum atomic E-state index is -0.540. The molecule has 7 heteroatoms. The maximum atomic E-state index is 13.0. The van der Waals surface area contributed by atoms with Gasteiger partial charge < -0.3 is 9.73 Å². The minimum absolute atomic E-state index is 0.0210. The van der Waals surface area contributed by atoms with Gasteiger partial charge in [-0.1, -0.05) is 42.5 Å². The first-order valence-electron chi connectivity index (χ1n) is 8.71. The highest BCUT2D eigenvalue weighted by Gasteiger charge is 2.23. The van der Waals surface area contributed by atoms with Crippen LogP contribution in [0.25, 0.3) is 11.0 Å². The number of nitro benzene ring substituents is 1. The van der Waals surface area contributed by atoms with Gasteiger partial charge in [-0.05, 0) is 24.3 Å². The lowest BCUT2D eigenvalue weighted by molar-refractivity contribution is -0.384. The molecule has 7 nitrogen and oxygen atoms in total. The monoisotopic (exact) mass is 386 g/mol. The Morgan fingerprint density at radius 3 is 2.17 bits per heavy atom. The molecule has 142 valence electrons. The van der Waals surface area contributed by atoms with Crippen LogP contribution in [-0.2, 0) is 0 Å². The van der Waals surface area contributed by atoms with Gasteiger partial charge in [0, 0.05) is 28.6 Å². The van der Waals surface area contributed by atoms with Crippen LogP contribution in [0.5, 0.6) is 0 Å². The number of benzene rings is 3. The third-order valence-corrected chi connectivity index (χ3v) is 4.42. The molecular formula is C22H14N2O5. The fraction of sp³-hybridized carbons (Fsp3) is 0. The summed E-state index contributed by atoms with van der Waals surface area (Å²) in [7, 11) is 0. The van der Waals surface area contributed by atoms with E-state index >= 15 is 0 Å². The van der Waals surface area contributed by atoms with Crippen LogP contribution < -0.4 is 5.32 Å². The van der Waals surface area contributed by atoms with Crippen LogP contribution in [0.15, 0.2) is 83.3 Å². The maximum Gasteiger partial charge on any atom is 0.269 e. The molecule has 4 rings (SSSR count). The zero-order chi connectivity index (χ0) is 20.4. The standard InChI is InChI=1S/C22H14N2O5/c25-20(14-6-2-1-3-7-14)21-19(17-8-4-5-9-18(17)29-21)23-22(26)15-10-12-16(13-11-15)24(27)28/h1-13H,(H,23,26). The Labute approximate surface area is 164 Å². The second-order valence-corrected chi connectivity index (χ2v) is 6.26. The molecule has 0 bridgehead atoms. The summed E-state index contributed by atoms with van der Waals surface area (Å²) < 4.78 is 5.75. The van der Waals surface area contributed by atoms with Crippen LogP contribution in [0.2, 0.25) is 0 Å². The van der Waals surface area contributed by atoms with Crippen molar-refractivity contribution in [3.8, 4) is 0 Å². The lowest BCUT2D eigenvalue weighted by atomic mass is 10.1. The third kappa shape index (κ3) is 3.49. The molecule has 0 unspecified atom stereocenters. The van der Waals surface area contributed by atoms with E-state index < -0.39 is 10.8 Å². The van der Waals surface area contributed by atoms with Crippen LogP contribution in [-0.4, -0.2) is 16.6 Å². The SMILES string of the molecule is O=C(Nc1c(C(=O)c2ccccc2)oc2ccccc12)c1ccc([N+](=O)[O-])cc1. The van der Waals surface area contributed by atoms with Crippen molar-refractivity contribution < 1.29 is 18.9 Å². The summed E-state index contributed by atoms with van der Waals surface area (Å²) in [5.74, 6) is -0.845. The number of furan rings is 1. The van der Waals surface area contributed by atoms with Crippen molar-refractivity contribution in [2.45, 2.75) is 0 Å². The van der Waals surface area contributed by atoms with E-state index in [0.717, 1.165) is 0 Å². The van der Waals surface area contributed by atoms with E-state index in [1.54, 1.807) is 54.6 Å². The van der Waals surface area contributed by atoms with Gasteiger partial charge in [0.05, 0.1) is 10.6 Å². The largest absolute Gasteiger partial charge is 0.450 e. The van der Waals surface area contributed by atoms with Gasteiger partial charge in [0.1, 0.15) is 5.58 Å². The smallest absolute Gasteiger partial charge is 0.269 e. The first-order valence-corrected chi connectivity index (χ1v) is 8.71. The van der Waals surface area contributed by atoms with Crippen LogP contribution in [0.1, 0.15) is 26.5 Å². The van der Waals surface area contributed by atoms with E-state index in [2.05, 4.69) is 5.32 Å². The lowest BCUT2D eigenvalue weighted by Crippen LogP contribution is -2.14. The summed E-state index contributed by atoms with van der Waals surface area (Å²) >= 11 is 0. The number of fused-ring (bicyclic) bond motifs is 1. The second-order valence-electron chi connectivity index (χ2n) is 6.26. The lowest BCUT2D eigenvalue weighted by Gasteiger charge is -2.06. The van der Waals surface area contributed by atoms with Gasteiger partial charge in [-0.15, -0.1) is 0 Å². The minimum Gasteiger partial charge on any atom is -0.450 e. The average molecular weight is 386 g/mol. The molecular weight excluding hydrogens is 372 g/mol. The summed E-state index contributed by atoms with van der Waals surface area (Å²) in [6, 6.07) is 20.8. The zero-order valence-electron chi connectivity index (χ0n) is 15.0. The van der Waals surface area contributed by atoms with Crippen molar-refractivity contribution in [3.63, 3.8) is 0 Å². The van der Waals surface area contributed by atoms with Crippen molar-refractivity contribution in [1.82, 2.24) is 0 Å². The normalized spacial score (nSPS) is 10.6. The molecule has 1 N–H and O–H groups in total. The van der Waals surface area contributed by atoms with Crippen molar-refractivity contribution >= 4 is 34.0 Å². The van der Waals surface area contributed by atoms with Crippen molar-refractivity contribution in [3.05, 3.63) is 106 Å². The highest BCUT2D eigenvalue weighted by atomic mass is 16.6. The van der Waals surface area contributed by atoms with E-state index in [-0.39, 0.29) is 28.5 Å². The maximum absolute atomic E-state index is 13.0. The summed E-state index contributed by atoms with van der Waals surface area (Å²) in [5, 5.41) is 14.1. The van der Waals surface area contributed by atoms with E-state index in [4.69, 9.17) is 4.42 Å². The van der Waals surface area contributed by atoms with Gasteiger partial charge in [0.15, 0.2) is 5.76 Å². The Kier molecular flexibility index (Phi) is 4.62. The van der Waals surface area contributed by atoms with Crippen LogP contribution >= 0.6 is 0 Å². The van der Waals surface area contributed by atoms with Crippen molar-refractivity contribution in [1.29, 1.82) is 0 Å². The van der Waals surface area contributed by atoms with Gasteiger partial charge in [-0.2, -0.15) is 0 Å². The Balaban J connectivity index is 1.73. The number of para-hydroxylation sites is 1. The fourth-order valence-corrected chi connectivity index (χ4v) is 2.97. The predicted octanol–water partition coefficient (Wildman–Crippen LogP) is 4.82. The highest BCUT2D eigenvalue weighted by molar-refractivity contribution is 6.18. The quantitative estimate of drug-likeness (QED) is 0.301. The molecule has 0 atom stereocenters. The first-order chi connectivity index (χ1) is 14.0. The summed E-state index contributed by atoms with van der Waals surface area (Å²) in [4.78, 5) is 35.9. The predicted molar refractivity (Wildman–Crippen MR) is 107 cm³/mol. The van der Waals surface area contributed by atoms with Crippen LogP contribution in [0, 0.1) is 10.1 Å². The molecule has 1 heterocycles. The number of nitrogens with one attached hydrogen (secondary N) is 1. The van der Waals surface area contributed by atoms with Crippen LogP contribution in [0.4, 0.5) is 11.4 Å². The third-order valence-electron chi connectivity index (χ3n) is 4.42. The van der Waals surface area contributed by atoms with Gasteiger partial charge in [0.25, 0.3) is 11.6 Å². The molecule has 0 radical (unpaired) electrons. The summed E-state index contributed by atoms with van der Waals surface area (Å²) in [6.45, 7) is 0.